The van der Waals surface area contributed by atoms with E-state index in [0.29, 0.717) is 11.1 Å². The Morgan fingerprint density at radius 1 is 1.20 bits per heavy atom. The van der Waals surface area contributed by atoms with Gasteiger partial charge in [-0.15, -0.1) is 0 Å². The number of amides is 1. The number of hydrogen-bond acceptors (Lipinski definition) is 10. The van der Waals surface area contributed by atoms with Crippen molar-refractivity contribution in [2.75, 3.05) is 21.1 Å². The second-order valence-electron chi connectivity index (χ2n) is 9.62. The Bertz CT molecular complexity index is 1220. The standard InChI is InChI=1S/C24H29N3O8/c1-8-10-6-5-9(7-26-2)17(28)12(10)18(29)13-11(8)19(30)15-16(27(3)4)20(31)14(23(25)34)22(33)24(15,35)21(13)32/h5-6,8,11,15-16,19,26,28-30,33,35H,7H2,1-4H3,(H2,25,34)/t8-,11?,15?,16-,19-,24-/m0/s1. The molecule has 1 aromatic carbocycles. The van der Waals surface area contributed by atoms with E-state index in [0.717, 1.165) is 0 Å². The van der Waals surface area contributed by atoms with Crippen LogP contribution in [-0.4, -0.2) is 86.8 Å². The van der Waals surface area contributed by atoms with Crippen LogP contribution in [0.2, 0.25) is 0 Å². The van der Waals surface area contributed by atoms with Crippen LogP contribution in [0.5, 0.6) is 5.75 Å². The first kappa shape index (κ1) is 24.9. The topological polar surface area (TPSA) is 194 Å². The Balaban J connectivity index is 2.04. The van der Waals surface area contributed by atoms with E-state index in [1.54, 1.807) is 26.1 Å². The second-order valence-corrected chi connectivity index (χ2v) is 9.62. The average Bonchev–Trinajstić information content (AvgIpc) is 2.77. The zero-order valence-electron chi connectivity index (χ0n) is 19.7. The van der Waals surface area contributed by atoms with Gasteiger partial charge in [-0.05, 0) is 32.6 Å². The molecule has 0 radical (unpaired) electrons. The zero-order chi connectivity index (χ0) is 26.1. The largest absolute Gasteiger partial charge is 0.508 e. The van der Waals surface area contributed by atoms with Crippen LogP contribution in [0.15, 0.2) is 29.0 Å². The summed E-state index contributed by atoms with van der Waals surface area (Å²) in [7, 11) is 4.60. The van der Waals surface area contributed by atoms with E-state index in [9.17, 15) is 39.9 Å². The van der Waals surface area contributed by atoms with Crippen molar-refractivity contribution in [1.29, 1.82) is 0 Å². The number of rotatable bonds is 4. The lowest BCUT2D eigenvalue weighted by molar-refractivity contribution is -0.169. The van der Waals surface area contributed by atoms with Gasteiger partial charge >= 0.3 is 0 Å². The van der Waals surface area contributed by atoms with Crippen LogP contribution < -0.4 is 11.1 Å². The molecule has 0 saturated heterocycles. The van der Waals surface area contributed by atoms with E-state index in [-0.39, 0.29) is 17.9 Å². The van der Waals surface area contributed by atoms with Crippen molar-refractivity contribution in [3.8, 4) is 5.75 Å². The van der Waals surface area contributed by atoms with Crippen LogP contribution in [0.1, 0.15) is 29.5 Å². The zero-order valence-corrected chi connectivity index (χ0v) is 19.7. The second kappa shape index (κ2) is 8.16. The number of aromatic hydroxyl groups is 1. The van der Waals surface area contributed by atoms with Gasteiger partial charge in [0.2, 0.25) is 5.78 Å². The van der Waals surface area contributed by atoms with Crippen molar-refractivity contribution in [2.45, 2.75) is 37.1 Å². The number of benzene rings is 1. The molecule has 2 unspecified atom stereocenters. The molecule has 0 aliphatic heterocycles. The van der Waals surface area contributed by atoms with Crippen LogP contribution in [-0.2, 0) is 20.9 Å². The number of hydrogen-bond donors (Lipinski definition) is 7. The number of nitrogens with one attached hydrogen (secondary N) is 1. The number of aliphatic hydroxyl groups excluding tert-OH is 3. The van der Waals surface area contributed by atoms with E-state index in [2.05, 4.69) is 5.32 Å². The maximum Gasteiger partial charge on any atom is 0.255 e. The number of carbonyl (C=O) groups is 3. The third-order valence-corrected chi connectivity index (χ3v) is 7.58. The molecule has 6 atom stereocenters. The predicted octanol–water partition coefficient (Wildman–Crippen LogP) is -0.785. The minimum absolute atomic E-state index is 0.0197. The molecule has 3 aliphatic carbocycles. The highest BCUT2D eigenvalue weighted by molar-refractivity contribution is 6.24. The van der Waals surface area contributed by atoms with Gasteiger partial charge in [0.25, 0.3) is 5.91 Å². The lowest BCUT2D eigenvalue weighted by Crippen LogP contribution is -2.70. The summed E-state index contributed by atoms with van der Waals surface area (Å²) >= 11 is 0. The number of fused-ring (bicyclic) bond motifs is 3. The Hall–Kier alpha value is -3.25. The number of carbonyl (C=O) groups excluding carboxylic acids is 3. The van der Waals surface area contributed by atoms with Crippen molar-refractivity contribution >= 4 is 23.2 Å². The molecule has 0 aromatic heterocycles. The number of primary amides is 1. The van der Waals surface area contributed by atoms with Crippen LogP contribution in [0.25, 0.3) is 5.76 Å². The predicted molar refractivity (Wildman–Crippen MR) is 123 cm³/mol. The quantitative estimate of drug-likeness (QED) is 0.265. The van der Waals surface area contributed by atoms with Gasteiger partial charge in [0.15, 0.2) is 11.4 Å². The van der Waals surface area contributed by atoms with Crippen LogP contribution >= 0.6 is 0 Å². The molecule has 3 aliphatic rings. The third-order valence-electron chi connectivity index (χ3n) is 7.58. The van der Waals surface area contributed by atoms with E-state index < -0.39 is 75.6 Å². The lowest BCUT2D eigenvalue weighted by Gasteiger charge is -2.53. The van der Waals surface area contributed by atoms with Crippen LogP contribution in [0.3, 0.4) is 0 Å². The molecule has 1 aromatic rings. The van der Waals surface area contributed by atoms with Crippen LogP contribution in [0.4, 0.5) is 0 Å². The molecule has 0 spiro atoms. The number of phenolic OH excluding ortho intramolecular Hbond substituents is 1. The molecular formula is C24H29N3O8. The summed E-state index contributed by atoms with van der Waals surface area (Å²) in [6, 6.07) is 1.96. The van der Waals surface area contributed by atoms with Gasteiger partial charge in [0, 0.05) is 23.6 Å². The maximum absolute atomic E-state index is 13.9. The summed E-state index contributed by atoms with van der Waals surface area (Å²) in [4.78, 5) is 40.3. The van der Waals surface area contributed by atoms with Crippen LogP contribution in [0, 0.1) is 11.8 Å². The van der Waals surface area contributed by atoms with Gasteiger partial charge in [-0.25, -0.2) is 0 Å². The lowest BCUT2D eigenvalue weighted by atomic mass is 9.54. The fraction of sp³-hybridized carbons (Fsp3) is 0.458. The molecule has 1 amide bonds. The Kier molecular flexibility index (Phi) is 5.80. The maximum atomic E-state index is 13.9. The summed E-state index contributed by atoms with van der Waals surface area (Å²) in [5.41, 5.74) is 1.93. The Morgan fingerprint density at radius 2 is 1.83 bits per heavy atom. The minimum Gasteiger partial charge on any atom is -0.508 e. The van der Waals surface area contributed by atoms with Gasteiger partial charge in [-0.1, -0.05) is 19.1 Å². The van der Waals surface area contributed by atoms with Gasteiger partial charge in [-0.3, -0.25) is 19.3 Å². The number of nitrogens with two attached hydrogens (primary N) is 1. The molecule has 1 saturated carbocycles. The number of Topliss-reactive ketones (excluding diaryl/α,β-unsaturated/α-hetero) is 2. The number of phenols is 1. The first-order valence-corrected chi connectivity index (χ1v) is 11.1. The van der Waals surface area contributed by atoms with Crippen molar-refractivity contribution in [3.05, 3.63) is 45.7 Å². The van der Waals surface area contributed by atoms with Gasteiger partial charge in [0.05, 0.1) is 23.6 Å². The molecule has 0 bridgehead atoms. The molecule has 11 nitrogen and oxygen atoms in total. The van der Waals surface area contributed by atoms with Crippen molar-refractivity contribution < 1.29 is 39.9 Å². The first-order valence-electron chi connectivity index (χ1n) is 11.1. The molecule has 4 rings (SSSR count). The Morgan fingerprint density at radius 3 is 2.37 bits per heavy atom. The summed E-state index contributed by atoms with van der Waals surface area (Å²) in [6.45, 7) is 1.95. The molecular weight excluding hydrogens is 458 g/mol. The molecule has 35 heavy (non-hydrogen) atoms. The number of nitrogens with zero attached hydrogens (tertiary/aromatic N) is 1. The number of ketones is 2. The fourth-order valence-corrected chi connectivity index (χ4v) is 5.99. The number of aliphatic hydroxyl groups is 4. The van der Waals surface area contributed by atoms with Gasteiger partial charge in [0.1, 0.15) is 22.8 Å². The van der Waals surface area contributed by atoms with Crippen molar-refractivity contribution in [2.24, 2.45) is 17.6 Å². The SMILES string of the molecule is CNCc1ccc2c(c1O)C(O)=C1C(=O)[C@]3(O)C(O)=C(C(N)=O)C(=O)[C@@H](N(C)C)C3[C@@H](O)C1[C@H]2C. The summed E-state index contributed by atoms with van der Waals surface area (Å²) in [5, 5.41) is 59.0. The highest BCUT2D eigenvalue weighted by atomic mass is 16.4. The van der Waals surface area contributed by atoms with E-state index in [4.69, 9.17) is 5.73 Å². The first-order chi connectivity index (χ1) is 16.3. The normalized spacial score (nSPS) is 32.5. The van der Waals surface area contributed by atoms with Gasteiger partial charge < -0.3 is 36.6 Å². The average molecular weight is 488 g/mol. The smallest absolute Gasteiger partial charge is 0.255 e. The van der Waals surface area contributed by atoms with Crippen molar-refractivity contribution in [1.82, 2.24) is 10.2 Å². The highest BCUT2D eigenvalue weighted by Crippen LogP contribution is 2.56. The number of likely N-dealkylation sites (N-methyl/N-ethyl adjacent to an activating group) is 1. The fourth-order valence-electron chi connectivity index (χ4n) is 5.99. The van der Waals surface area contributed by atoms with E-state index in [1.165, 1.54) is 19.0 Å². The molecule has 11 heteroatoms. The molecule has 188 valence electrons. The molecule has 1 fully saturated rings. The van der Waals surface area contributed by atoms with E-state index >= 15 is 0 Å². The van der Waals surface area contributed by atoms with E-state index in [1.807, 2.05) is 0 Å². The summed E-state index contributed by atoms with van der Waals surface area (Å²) < 4.78 is 0. The van der Waals surface area contributed by atoms with Crippen molar-refractivity contribution in [3.63, 3.8) is 0 Å². The van der Waals surface area contributed by atoms with Gasteiger partial charge in [-0.2, -0.15) is 0 Å². The minimum atomic E-state index is -2.91. The molecule has 8 N–H and O–H groups in total. The summed E-state index contributed by atoms with van der Waals surface area (Å²) in [5.74, 6) is -8.91. The summed E-state index contributed by atoms with van der Waals surface area (Å²) in [6.07, 6.45) is -1.61. The third kappa shape index (κ3) is 3.09. The highest BCUT2D eigenvalue weighted by Gasteiger charge is 2.68. The monoisotopic (exact) mass is 487 g/mol. The molecule has 0 heterocycles. The Labute approximate surface area is 201 Å².